The summed E-state index contributed by atoms with van der Waals surface area (Å²) in [5.41, 5.74) is 0. The maximum atomic E-state index is 11.1. The van der Waals surface area contributed by atoms with E-state index in [1.165, 1.54) is 0 Å². The minimum atomic E-state index is 0.199. The number of hydrogen-bond donors (Lipinski definition) is 0. The van der Waals surface area contributed by atoms with Crippen LogP contribution in [0.4, 0.5) is 0 Å². The van der Waals surface area contributed by atoms with Crippen molar-refractivity contribution in [1.82, 2.24) is 0 Å². The van der Waals surface area contributed by atoms with Crippen LogP contribution in [0.3, 0.4) is 0 Å². The standard InChI is InChI=1S/C10H18O/c1-4-5-6-7-8-10(11)9(2)3/h5-6,9H,4,7-8H2,1-3H3/b6-5-. The van der Waals surface area contributed by atoms with Crippen molar-refractivity contribution in [3.63, 3.8) is 0 Å². The third kappa shape index (κ3) is 5.84. The molecular formula is C10H18O. The van der Waals surface area contributed by atoms with Crippen LogP contribution in [0.25, 0.3) is 0 Å². The Bertz CT molecular complexity index is 134. The fraction of sp³-hybridized carbons (Fsp3) is 0.700. The van der Waals surface area contributed by atoms with E-state index in [9.17, 15) is 4.79 Å². The molecule has 0 aliphatic carbocycles. The second-order valence-electron chi connectivity index (χ2n) is 3.04. The summed E-state index contributed by atoms with van der Waals surface area (Å²) < 4.78 is 0. The van der Waals surface area contributed by atoms with Crippen LogP contribution in [-0.2, 0) is 4.79 Å². The number of rotatable bonds is 5. The molecule has 0 aromatic rings. The molecule has 0 N–H and O–H groups in total. The van der Waals surface area contributed by atoms with E-state index in [2.05, 4.69) is 19.1 Å². The topological polar surface area (TPSA) is 17.1 Å². The lowest BCUT2D eigenvalue weighted by atomic mass is 10.0. The van der Waals surface area contributed by atoms with Crippen LogP contribution >= 0.6 is 0 Å². The Hall–Kier alpha value is -0.590. The summed E-state index contributed by atoms with van der Waals surface area (Å²) in [6.07, 6.45) is 6.86. The van der Waals surface area contributed by atoms with E-state index >= 15 is 0 Å². The van der Waals surface area contributed by atoms with E-state index < -0.39 is 0 Å². The number of carbonyl (C=O) groups excluding carboxylic acids is 1. The Morgan fingerprint density at radius 2 is 2.00 bits per heavy atom. The van der Waals surface area contributed by atoms with Crippen molar-refractivity contribution in [2.45, 2.75) is 40.0 Å². The van der Waals surface area contributed by atoms with Gasteiger partial charge in [-0.3, -0.25) is 4.79 Å². The van der Waals surface area contributed by atoms with E-state index in [1.54, 1.807) is 0 Å². The van der Waals surface area contributed by atoms with Crippen molar-refractivity contribution in [3.8, 4) is 0 Å². The molecule has 0 heterocycles. The Kier molecular flexibility index (Phi) is 5.81. The SMILES string of the molecule is CC/C=C\CCC(=O)C(C)C. The minimum absolute atomic E-state index is 0.199. The van der Waals surface area contributed by atoms with Crippen LogP contribution in [0, 0.1) is 5.92 Å². The Morgan fingerprint density at radius 3 is 2.45 bits per heavy atom. The van der Waals surface area contributed by atoms with Crippen molar-refractivity contribution in [2.75, 3.05) is 0 Å². The molecule has 0 amide bonds. The maximum Gasteiger partial charge on any atom is 0.135 e. The molecule has 0 fully saturated rings. The Labute approximate surface area is 69.5 Å². The van der Waals surface area contributed by atoms with Gasteiger partial charge >= 0.3 is 0 Å². The van der Waals surface area contributed by atoms with Crippen molar-refractivity contribution in [2.24, 2.45) is 5.92 Å². The Morgan fingerprint density at radius 1 is 1.36 bits per heavy atom. The summed E-state index contributed by atoms with van der Waals surface area (Å²) in [5.74, 6) is 0.566. The summed E-state index contributed by atoms with van der Waals surface area (Å²) in [6, 6.07) is 0. The lowest BCUT2D eigenvalue weighted by Gasteiger charge is -1.99. The number of Topliss-reactive ketones (excluding diaryl/α,β-unsaturated/α-hetero) is 1. The molecule has 0 saturated heterocycles. The molecule has 0 aromatic heterocycles. The molecule has 0 rings (SSSR count). The molecule has 0 atom stereocenters. The van der Waals surface area contributed by atoms with Gasteiger partial charge in [-0.1, -0.05) is 32.9 Å². The molecule has 11 heavy (non-hydrogen) atoms. The molecule has 0 aliphatic rings. The van der Waals surface area contributed by atoms with Gasteiger partial charge in [0.2, 0.25) is 0 Å². The molecule has 0 spiro atoms. The lowest BCUT2D eigenvalue weighted by Crippen LogP contribution is -2.05. The third-order valence-corrected chi connectivity index (χ3v) is 1.60. The highest BCUT2D eigenvalue weighted by atomic mass is 16.1. The number of allylic oxidation sites excluding steroid dienone is 2. The zero-order chi connectivity index (χ0) is 8.69. The number of ketones is 1. The normalized spacial score (nSPS) is 11.3. The molecule has 0 aromatic carbocycles. The van der Waals surface area contributed by atoms with Gasteiger partial charge in [-0.25, -0.2) is 0 Å². The van der Waals surface area contributed by atoms with Crippen molar-refractivity contribution in [3.05, 3.63) is 12.2 Å². The van der Waals surface area contributed by atoms with Gasteiger partial charge in [0.25, 0.3) is 0 Å². The summed E-state index contributed by atoms with van der Waals surface area (Å²) in [6.45, 7) is 6.00. The van der Waals surface area contributed by atoms with Crippen LogP contribution in [0.1, 0.15) is 40.0 Å². The summed E-state index contributed by atoms with van der Waals surface area (Å²) in [5, 5.41) is 0. The molecule has 64 valence electrons. The van der Waals surface area contributed by atoms with Crippen LogP contribution < -0.4 is 0 Å². The highest BCUT2D eigenvalue weighted by Gasteiger charge is 2.04. The van der Waals surface area contributed by atoms with Crippen molar-refractivity contribution < 1.29 is 4.79 Å². The van der Waals surface area contributed by atoms with E-state index in [-0.39, 0.29) is 5.92 Å². The maximum absolute atomic E-state index is 11.1. The average Bonchev–Trinajstić information content (AvgIpc) is 1.97. The lowest BCUT2D eigenvalue weighted by molar-refractivity contribution is -0.121. The first-order chi connectivity index (χ1) is 5.18. The predicted octanol–water partition coefficient (Wildman–Crippen LogP) is 2.96. The van der Waals surface area contributed by atoms with Gasteiger partial charge in [0, 0.05) is 12.3 Å². The fourth-order valence-electron chi connectivity index (χ4n) is 0.799. The molecule has 0 bridgehead atoms. The predicted molar refractivity (Wildman–Crippen MR) is 48.5 cm³/mol. The van der Waals surface area contributed by atoms with E-state index in [1.807, 2.05) is 13.8 Å². The summed E-state index contributed by atoms with van der Waals surface area (Å²) in [4.78, 5) is 11.1. The smallest absolute Gasteiger partial charge is 0.135 e. The van der Waals surface area contributed by atoms with Gasteiger partial charge in [-0.15, -0.1) is 0 Å². The van der Waals surface area contributed by atoms with E-state index in [0.717, 1.165) is 12.8 Å². The van der Waals surface area contributed by atoms with Crippen LogP contribution in [0.2, 0.25) is 0 Å². The van der Waals surface area contributed by atoms with E-state index in [4.69, 9.17) is 0 Å². The summed E-state index contributed by atoms with van der Waals surface area (Å²) >= 11 is 0. The first kappa shape index (κ1) is 10.4. The molecule has 0 saturated carbocycles. The third-order valence-electron chi connectivity index (χ3n) is 1.60. The monoisotopic (exact) mass is 154 g/mol. The van der Waals surface area contributed by atoms with Gasteiger partial charge in [-0.2, -0.15) is 0 Å². The van der Waals surface area contributed by atoms with Crippen molar-refractivity contribution in [1.29, 1.82) is 0 Å². The first-order valence-corrected chi connectivity index (χ1v) is 4.36. The van der Waals surface area contributed by atoms with Crippen LogP contribution in [0.15, 0.2) is 12.2 Å². The van der Waals surface area contributed by atoms with Gasteiger partial charge < -0.3 is 0 Å². The highest BCUT2D eigenvalue weighted by molar-refractivity contribution is 5.80. The van der Waals surface area contributed by atoms with Gasteiger partial charge in [-0.05, 0) is 12.8 Å². The van der Waals surface area contributed by atoms with Gasteiger partial charge in [0.1, 0.15) is 5.78 Å². The number of hydrogen-bond acceptors (Lipinski definition) is 1. The van der Waals surface area contributed by atoms with Gasteiger partial charge in [0.15, 0.2) is 0 Å². The quantitative estimate of drug-likeness (QED) is 0.556. The molecule has 0 radical (unpaired) electrons. The Balaban J connectivity index is 3.39. The number of carbonyl (C=O) groups is 1. The fourth-order valence-corrected chi connectivity index (χ4v) is 0.799. The van der Waals surface area contributed by atoms with E-state index in [0.29, 0.717) is 12.2 Å². The second kappa shape index (κ2) is 6.14. The molecule has 1 heteroatoms. The molecule has 1 nitrogen and oxygen atoms in total. The first-order valence-electron chi connectivity index (χ1n) is 4.36. The average molecular weight is 154 g/mol. The largest absolute Gasteiger partial charge is 0.299 e. The summed E-state index contributed by atoms with van der Waals surface area (Å²) in [7, 11) is 0. The molecule has 0 unspecified atom stereocenters. The minimum Gasteiger partial charge on any atom is -0.299 e. The van der Waals surface area contributed by atoms with Crippen molar-refractivity contribution >= 4 is 5.78 Å². The highest BCUT2D eigenvalue weighted by Crippen LogP contribution is 2.02. The van der Waals surface area contributed by atoms with Crippen LogP contribution in [0.5, 0.6) is 0 Å². The van der Waals surface area contributed by atoms with Crippen LogP contribution in [-0.4, -0.2) is 5.78 Å². The zero-order valence-electron chi connectivity index (χ0n) is 7.76. The van der Waals surface area contributed by atoms with Gasteiger partial charge in [0.05, 0.1) is 0 Å². The molecule has 0 aliphatic heterocycles. The zero-order valence-corrected chi connectivity index (χ0v) is 7.76. The second-order valence-corrected chi connectivity index (χ2v) is 3.04. The molecular weight excluding hydrogens is 136 g/mol.